The van der Waals surface area contributed by atoms with Gasteiger partial charge in [0.05, 0.1) is 0 Å². The van der Waals surface area contributed by atoms with Crippen LogP contribution in [-0.2, 0) is 6.42 Å². The van der Waals surface area contributed by atoms with Gasteiger partial charge in [0.25, 0.3) is 0 Å². The van der Waals surface area contributed by atoms with E-state index in [0.717, 1.165) is 13.1 Å². The highest BCUT2D eigenvalue weighted by molar-refractivity contribution is 7.17. The summed E-state index contributed by atoms with van der Waals surface area (Å²) in [6.07, 6.45) is 2.49. The molecule has 1 aromatic heterocycles. The highest BCUT2D eigenvalue weighted by atomic mass is 32.1. The first-order valence-electron chi connectivity index (χ1n) is 6.82. The molecule has 3 rings (SSSR count). The number of nitrogens with one attached hydrogen (secondary N) is 1. The minimum Gasteiger partial charge on any atom is -0.314 e. The molecule has 0 aliphatic carbocycles. The van der Waals surface area contributed by atoms with E-state index in [-0.39, 0.29) is 0 Å². The lowest BCUT2D eigenvalue weighted by molar-refractivity contribution is 0.238. The second-order valence-corrected chi connectivity index (χ2v) is 5.86. The zero-order valence-electron chi connectivity index (χ0n) is 10.7. The van der Waals surface area contributed by atoms with E-state index in [0.29, 0.717) is 0 Å². The molecule has 0 unspecified atom stereocenters. The number of aryl methyl sites for hydroxylation is 1. The third-order valence-electron chi connectivity index (χ3n) is 3.69. The summed E-state index contributed by atoms with van der Waals surface area (Å²) in [6, 6.07) is 8.75. The van der Waals surface area contributed by atoms with Crippen LogP contribution >= 0.6 is 11.3 Å². The molecule has 2 heterocycles. The van der Waals surface area contributed by atoms with E-state index in [9.17, 15) is 0 Å². The summed E-state index contributed by atoms with van der Waals surface area (Å²) in [6.45, 7) is 5.98. The lowest BCUT2D eigenvalue weighted by Crippen LogP contribution is -2.43. The molecular formula is C15H20N2S. The standard InChI is InChI=1S/C15H20N2S/c1-2-6-15-14(5-1)13(12-18-15)4-3-9-17-10-7-16-8-11-17/h1-2,5-6,12,16H,3-4,7-11H2. The maximum absolute atomic E-state index is 3.40. The maximum atomic E-state index is 3.40. The van der Waals surface area contributed by atoms with Gasteiger partial charge < -0.3 is 10.2 Å². The van der Waals surface area contributed by atoms with Gasteiger partial charge in [-0.15, -0.1) is 11.3 Å². The van der Waals surface area contributed by atoms with Crippen LogP contribution in [0.25, 0.3) is 10.1 Å². The molecule has 1 aliphatic heterocycles. The van der Waals surface area contributed by atoms with Gasteiger partial charge >= 0.3 is 0 Å². The molecule has 0 spiro atoms. The predicted molar refractivity (Wildman–Crippen MR) is 79.5 cm³/mol. The van der Waals surface area contributed by atoms with Gasteiger partial charge in [-0.25, -0.2) is 0 Å². The quantitative estimate of drug-likeness (QED) is 0.909. The Morgan fingerprint density at radius 1 is 1.17 bits per heavy atom. The van der Waals surface area contributed by atoms with Crippen LogP contribution in [0.1, 0.15) is 12.0 Å². The summed E-state index contributed by atoms with van der Waals surface area (Å²) in [5.41, 5.74) is 1.53. The van der Waals surface area contributed by atoms with Crippen LogP contribution in [0.4, 0.5) is 0 Å². The third-order valence-corrected chi connectivity index (χ3v) is 4.70. The van der Waals surface area contributed by atoms with Crippen molar-refractivity contribution in [2.45, 2.75) is 12.8 Å². The van der Waals surface area contributed by atoms with Crippen LogP contribution in [0.5, 0.6) is 0 Å². The van der Waals surface area contributed by atoms with Crippen molar-refractivity contribution < 1.29 is 0 Å². The minimum atomic E-state index is 1.15. The van der Waals surface area contributed by atoms with Crippen LogP contribution in [0.3, 0.4) is 0 Å². The summed E-state index contributed by atoms with van der Waals surface area (Å²) >= 11 is 1.88. The lowest BCUT2D eigenvalue weighted by atomic mass is 10.1. The topological polar surface area (TPSA) is 15.3 Å². The highest BCUT2D eigenvalue weighted by Gasteiger charge is 2.09. The number of fused-ring (bicyclic) bond motifs is 1. The van der Waals surface area contributed by atoms with E-state index < -0.39 is 0 Å². The summed E-state index contributed by atoms with van der Waals surface area (Å²) in [5, 5.41) is 7.20. The van der Waals surface area contributed by atoms with Gasteiger partial charge in [0.1, 0.15) is 0 Å². The molecule has 0 radical (unpaired) electrons. The van der Waals surface area contributed by atoms with Crippen molar-refractivity contribution in [1.29, 1.82) is 0 Å². The zero-order chi connectivity index (χ0) is 12.2. The van der Waals surface area contributed by atoms with Crippen LogP contribution in [0, 0.1) is 0 Å². The van der Waals surface area contributed by atoms with Gasteiger partial charge in [-0.3, -0.25) is 0 Å². The first kappa shape index (κ1) is 12.2. The van der Waals surface area contributed by atoms with Crippen molar-refractivity contribution in [3.8, 4) is 0 Å². The third kappa shape index (κ3) is 2.74. The Balaban J connectivity index is 1.56. The zero-order valence-corrected chi connectivity index (χ0v) is 11.5. The van der Waals surface area contributed by atoms with Crippen molar-refractivity contribution >= 4 is 21.4 Å². The van der Waals surface area contributed by atoms with Crippen molar-refractivity contribution in [3.05, 3.63) is 35.2 Å². The molecular weight excluding hydrogens is 240 g/mol. The molecule has 2 nitrogen and oxygen atoms in total. The lowest BCUT2D eigenvalue weighted by Gasteiger charge is -2.26. The molecule has 1 saturated heterocycles. The monoisotopic (exact) mass is 260 g/mol. The van der Waals surface area contributed by atoms with Crippen molar-refractivity contribution in [2.75, 3.05) is 32.7 Å². The summed E-state index contributed by atoms with van der Waals surface area (Å²) in [4.78, 5) is 2.57. The average molecular weight is 260 g/mol. The Morgan fingerprint density at radius 3 is 2.89 bits per heavy atom. The molecule has 2 aromatic rings. The number of benzene rings is 1. The van der Waals surface area contributed by atoms with Gasteiger partial charge in [0.15, 0.2) is 0 Å². The van der Waals surface area contributed by atoms with E-state index >= 15 is 0 Å². The second-order valence-electron chi connectivity index (χ2n) is 4.95. The van der Waals surface area contributed by atoms with E-state index in [4.69, 9.17) is 0 Å². The van der Waals surface area contributed by atoms with E-state index in [1.807, 2.05) is 11.3 Å². The number of hydrogen-bond acceptors (Lipinski definition) is 3. The summed E-state index contributed by atoms with van der Waals surface area (Å²) < 4.78 is 1.43. The van der Waals surface area contributed by atoms with Gasteiger partial charge in [-0.2, -0.15) is 0 Å². The molecule has 1 aromatic carbocycles. The first-order chi connectivity index (χ1) is 8.93. The van der Waals surface area contributed by atoms with Crippen LogP contribution in [-0.4, -0.2) is 37.6 Å². The fourth-order valence-electron chi connectivity index (χ4n) is 2.65. The second kappa shape index (κ2) is 5.83. The van der Waals surface area contributed by atoms with Gasteiger partial charge in [0.2, 0.25) is 0 Å². The number of thiophene rings is 1. The number of rotatable bonds is 4. The normalized spacial score (nSPS) is 17.3. The van der Waals surface area contributed by atoms with E-state index in [1.54, 1.807) is 0 Å². The number of hydrogen-bond donors (Lipinski definition) is 1. The van der Waals surface area contributed by atoms with Gasteiger partial charge in [-0.1, -0.05) is 18.2 Å². The Hall–Kier alpha value is -0.900. The fraction of sp³-hybridized carbons (Fsp3) is 0.467. The number of nitrogens with zero attached hydrogens (tertiary/aromatic N) is 1. The minimum absolute atomic E-state index is 1.15. The van der Waals surface area contributed by atoms with Gasteiger partial charge in [-0.05, 0) is 41.8 Å². The van der Waals surface area contributed by atoms with Gasteiger partial charge in [0, 0.05) is 30.9 Å². The average Bonchev–Trinajstić information content (AvgIpc) is 2.84. The van der Waals surface area contributed by atoms with E-state index in [2.05, 4.69) is 39.9 Å². The molecule has 0 amide bonds. The molecule has 1 aliphatic rings. The van der Waals surface area contributed by atoms with Crippen LogP contribution in [0.2, 0.25) is 0 Å². The molecule has 96 valence electrons. The highest BCUT2D eigenvalue weighted by Crippen LogP contribution is 2.26. The first-order valence-corrected chi connectivity index (χ1v) is 7.69. The number of piperazine rings is 1. The predicted octanol–water partition coefficient (Wildman–Crippen LogP) is 2.74. The molecule has 1 N–H and O–H groups in total. The Labute approximate surface area is 113 Å². The molecule has 0 atom stereocenters. The fourth-order valence-corrected chi connectivity index (χ4v) is 3.65. The SMILES string of the molecule is c1ccc2c(CCCN3CCNCC3)csc2c1. The molecule has 3 heteroatoms. The molecule has 1 fully saturated rings. The smallest absolute Gasteiger partial charge is 0.0345 e. The maximum Gasteiger partial charge on any atom is 0.0345 e. The molecule has 0 bridgehead atoms. The van der Waals surface area contributed by atoms with Crippen molar-refractivity contribution in [1.82, 2.24) is 10.2 Å². The molecule has 18 heavy (non-hydrogen) atoms. The van der Waals surface area contributed by atoms with Crippen molar-refractivity contribution in [2.24, 2.45) is 0 Å². The summed E-state index contributed by atoms with van der Waals surface area (Å²) in [7, 11) is 0. The molecule has 0 saturated carbocycles. The van der Waals surface area contributed by atoms with Crippen molar-refractivity contribution in [3.63, 3.8) is 0 Å². The Morgan fingerprint density at radius 2 is 2.00 bits per heavy atom. The Bertz CT molecular complexity index is 500. The van der Waals surface area contributed by atoms with Crippen LogP contribution < -0.4 is 5.32 Å². The van der Waals surface area contributed by atoms with E-state index in [1.165, 1.54) is 48.1 Å². The Kier molecular flexibility index (Phi) is 3.93. The van der Waals surface area contributed by atoms with Crippen LogP contribution in [0.15, 0.2) is 29.6 Å². The largest absolute Gasteiger partial charge is 0.314 e. The summed E-state index contributed by atoms with van der Waals surface area (Å²) in [5.74, 6) is 0.